The Balaban J connectivity index is 1.71. The third kappa shape index (κ3) is 5.40. The van der Waals surface area contributed by atoms with E-state index in [1.807, 2.05) is 0 Å². The fourth-order valence-corrected chi connectivity index (χ4v) is 4.25. The molecule has 0 fully saturated rings. The summed E-state index contributed by atoms with van der Waals surface area (Å²) in [7, 11) is 0. The van der Waals surface area contributed by atoms with E-state index in [2.05, 4.69) is 0 Å². The second kappa shape index (κ2) is 9.09. The molecule has 2 atom stereocenters. The van der Waals surface area contributed by atoms with Crippen LogP contribution in [-0.4, -0.2) is 22.9 Å². The quantitative estimate of drug-likeness (QED) is 0.295. The first-order valence-corrected chi connectivity index (χ1v) is 10.5. The van der Waals surface area contributed by atoms with Crippen LogP contribution < -0.4 is 0 Å². The molecule has 1 heterocycles. The average molecular weight is 476 g/mol. The largest absolute Gasteiger partial charge is 0.511 e. The molecule has 1 N–H and O–H groups in total. The molecule has 0 radical (unpaired) electrons. The minimum Gasteiger partial charge on any atom is -0.511 e. The lowest BCUT2D eigenvalue weighted by Gasteiger charge is -2.29. The number of thioether (sulfide) groups is 1. The maximum Gasteiger partial charge on any atom is 0.417 e. The van der Waals surface area contributed by atoms with E-state index in [4.69, 9.17) is 4.74 Å². The highest BCUT2D eigenvalue weighted by atomic mass is 32.2. The summed E-state index contributed by atoms with van der Waals surface area (Å²) in [6.07, 6.45) is -10.1. The molecule has 0 spiro atoms. The van der Waals surface area contributed by atoms with Gasteiger partial charge < -0.3 is 9.84 Å². The van der Waals surface area contributed by atoms with Crippen molar-refractivity contribution in [2.24, 2.45) is 5.92 Å². The van der Waals surface area contributed by atoms with Crippen LogP contribution in [-0.2, 0) is 21.9 Å². The first kappa shape index (κ1) is 24.0. The van der Waals surface area contributed by atoms with Gasteiger partial charge >= 0.3 is 18.3 Å². The second-order valence-electron chi connectivity index (χ2n) is 7.32. The number of hydrogen-bond acceptors (Lipinski definition) is 4. The molecule has 0 aromatic heterocycles. The zero-order valence-corrected chi connectivity index (χ0v) is 17.4. The minimum atomic E-state index is -4.72. The Bertz CT molecular complexity index is 1010. The molecular formula is C22H18F6O3S. The maximum atomic E-state index is 13.3. The van der Waals surface area contributed by atoms with Crippen molar-refractivity contribution >= 4 is 23.3 Å². The predicted octanol–water partition coefficient (Wildman–Crippen LogP) is 6.74. The zero-order chi connectivity index (χ0) is 23.7. The number of hydrogen-bond donors (Lipinski definition) is 1. The predicted molar refractivity (Wildman–Crippen MR) is 107 cm³/mol. The molecule has 2 unspecified atom stereocenters. The molecule has 2 aromatic carbocycles. The Labute approximate surface area is 184 Å². The summed E-state index contributed by atoms with van der Waals surface area (Å²) >= 11 is 1.24. The van der Waals surface area contributed by atoms with Crippen LogP contribution in [0.15, 0.2) is 59.2 Å². The number of carbonyl (C=O) groups is 1. The van der Waals surface area contributed by atoms with Crippen LogP contribution in [0.25, 0.3) is 5.57 Å². The maximum absolute atomic E-state index is 13.3. The topological polar surface area (TPSA) is 46.5 Å². The van der Waals surface area contributed by atoms with Crippen LogP contribution in [0.3, 0.4) is 0 Å². The van der Waals surface area contributed by atoms with Gasteiger partial charge in [0.05, 0.1) is 11.1 Å². The number of carbonyl (C=O) groups excluding carboxylic acids is 1. The molecule has 172 valence electrons. The van der Waals surface area contributed by atoms with Gasteiger partial charge in [0, 0.05) is 28.6 Å². The van der Waals surface area contributed by atoms with Gasteiger partial charge in [-0.25, -0.2) is 4.79 Å². The van der Waals surface area contributed by atoms with Gasteiger partial charge in [-0.05, 0) is 30.3 Å². The van der Waals surface area contributed by atoms with E-state index >= 15 is 0 Å². The monoisotopic (exact) mass is 476 g/mol. The van der Waals surface area contributed by atoms with Crippen LogP contribution in [0.2, 0.25) is 0 Å². The Morgan fingerprint density at radius 2 is 1.66 bits per heavy atom. The number of aliphatic hydroxyl groups is 1. The van der Waals surface area contributed by atoms with Crippen molar-refractivity contribution in [3.8, 4) is 0 Å². The lowest BCUT2D eigenvalue weighted by Crippen LogP contribution is -2.32. The average Bonchev–Trinajstić information content (AvgIpc) is 2.70. The molecule has 1 aliphatic rings. The van der Waals surface area contributed by atoms with E-state index in [9.17, 15) is 36.2 Å². The Morgan fingerprint density at radius 3 is 2.22 bits per heavy atom. The molecular weight excluding hydrogens is 458 g/mol. The number of esters is 1. The molecule has 0 saturated heterocycles. The normalized spacial score (nSPS) is 18.5. The van der Waals surface area contributed by atoms with Gasteiger partial charge in [0.2, 0.25) is 0 Å². The summed E-state index contributed by atoms with van der Waals surface area (Å²) in [6.45, 7) is 1.72. The van der Waals surface area contributed by atoms with Crippen LogP contribution in [0.5, 0.6) is 0 Å². The number of aliphatic hydroxyl groups excluding tert-OH is 1. The first-order chi connectivity index (χ1) is 14.9. The molecule has 0 amide bonds. The number of alkyl halides is 6. The van der Waals surface area contributed by atoms with E-state index in [0.29, 0.717) is 10.6 Å². The highest BCUT2D eigenvalue weighted by Crippen LogP contribution is 2.39. The van der Waals surface area contributed by atoms with Crippen molar-refractivity contribution in [3.05, 3.63) is 71.0 Å². The van der Waals surface area contributed by atoms with Crippen LogP contribution in [0.1, 0.15) is 30.0 Å². The minimum absolute atomic E-state index is 0.165. The summed E-state index contributed by atoms with van der Waals surface area (Å²) in [4.78, 5) is 13.1. The molecule has 2 aromatic rings. The van der Waals surface area contributed by atoms with Crippen molar-refractivity contribution in [2.75, 3.05) is 5.75 Å². The smallest absolute Gasteiger partial charge is 0.417 e. The Hall–Kier alpha value is -2.62. The van der Waals surface area contributed by atoms with Crippen LogP contribution in [0, 0.1) is 5.92 Å². The van der Waals surface area contributed by atoms with E-state index in [1.54, 1.807) is 6.92 Å². The van der Waals surface area contributed by atoms with Crippen LogP contribution in [0.4, 0.5) is 26.3 Å². The van der Waals surface area contributed by atoms with Crippen molar-refractivity contribution in [1.82, 2.24) is 0 Å². The lowest BCUT2D eigenvalue weighted by atomic mass is 9.92. The van der Waals surface area contributed by atoms with Gasteiger partial charge in [0.25, 0.3) is 0 Å². The summed E-state index contributed by atoms with van der Waals surface area (Å²) in [5, 5.41) is 10.4. The van der Waals surface area contributed by atoms with E-state index < -0.39 is 52.4 Å². The molecule has 0 bridgehead atoms. The van der Waals surface area contributed by atoms with Crippen molar-refractivity contribution in [2.45, 2.75) is 36.7 Å². The van der Waals surface area contributed by atoms with Crippen molar-refractivity contribution in [3.63, 3.8) is 0 Å². The molecule has 1 aliphatic heterocycles. The van der Waals surface area contributed by atoms with Gasteiger partial charge in [-0.3, -0.25) is 0 Å². The highest BCUT2D eigenvalue weighted by Gasteiger charge is 2.39. The van der Waals surface area contributed by atoms with E-state index in [-0.39, 0.29) is 12.3 Å². The van der Waals surface area contributed by atoms with Crippen molar-refractivity contribution < 1.29 is 41.0 Å². The van der Waals surface area contributed by atoms with Crippen LogP contribution >= 0.6 is 11.8 Å². The molecule has 0 saturated carbocycles. The summed E-state index contributed by atoms with van der Waals surface area (Å²) in [5.41, 5.74) is -2.79. The number of cyclic esters (lactones) is 1. The molecule has 32 heavy (non-hydrogen) atoms. The van der Waals surface area contributed by atoms with Gasteiger partial charge in [-0.1, -0.05) is 25.1 Å². The second-order valence-corrected chi connectivity index (χ2v) is 8.42. The Kier molecular flexibility index (Phi) is 6.83. The highest BCUT2D eigenvalue weighted by molar-refractivity contribution is 7.99. The standard InChI is InChI=1S/C22H18F6O3S/c1-12(11-32-14-8-6-13(7-9-14)21(23,24)25)18-10-17(29)19(20(30)31-18)15-4-2-3-5-16(15)22(26,27)28/h2-9,12,18,29H,10-11H2,1H3. The fourth-order valence-electron chi connectivity index (χ4n) is 3.25. The summed E-state index contributed by atoms with van der Waals surface area (Å²) < 4.78 is 83.1. The zero-order valence-electron chi connectivity index (χ0n) is 16.6. The lowest BCUT2D eigenvalue weighted by molar-refractivity contribution is -0.146. The third-order valence-electron chi connectivity index (χ3n) is 4.98. The van der Waals surface area contributed by atoms with Gasteiger partial charge in [-0.2, -0.15) is 26.3 Å². The van der Waals surface area contributed by atoms with E-state index in [1.165, 1.54) is 36.0 Å². The number of rotatable bonds is 5. The fraction of sp³-hybridized carbons (Fsp3) is 0.318. The molecule has 0 aliphatic carbocycles. The van der Waals surface area contributed by atoms with Gasteiger partial charge in [0.15, 0.2) is 0 Å². The molecule has 3 rings (SSSR count). The van der Waals surface area contributed by atoms with Crippen molar-refractivity contribution in [1.29, 1.82) is 0 Å². The Morgan fingerprint density at radius 1 is 1.03 bits per heavy atom. The summed E-state index contributed by atoms with van der Waals surface area (Å²) in [6, 6.07) is 9.01. The van der Waals surface area contributed by atoms with Gasteiger partial charge in [-0.15, -0.1) is 11.8 Å². The number of benzene rings is 2. The first-order valence-electron chi connectivity index (χ1n) is 9.47. The van der Waals surface area contributed by atoms with E-state index in [0.717, 1.165) is 24.3 Å². The van der Waals surface area contributed by atoms with Gasteiger partial charge in [0.1, 0.15) is 17.4 Å². The summed E-state index contributed by atoms with van der Waals surface area (Å²) in [5.74, 6) is -1.52. The third-order valence-corrected chi connectivity index (χ3v) is 6.27. The molecule has 10 heteroatoms. The number of ether oxygens (including phenoxy) is 1. The number of halogens is 6. The SMILES string of the molecule is CC(CSc1ccc(C(F)(F)F)cc1)C1CC(O)=C(c2ccccc2C(F)(F)F)C(=O)O1. The molecule has 3 nitrogen and oxygen atoms in total.